The number of aliphatic hydroxyl groups excluding tert-OH is 1. The molecule has 1 atom stereocenters. The van der Waals surface area contributed by atoms with Crippen molar-refractivity contribution in [1.29, 1.82) is 0 Å². The van der Waals surface area contributed by atoms with Crippen molar-refractivity contribution < 1.29 is 13.9 Å². The maximum Gasteiger partial charge on any atom is 0.265 e. The first kappa shape index (κ1) is 13.6. The van der Waals surface area contributed by atoms with Gasteiger partial charge in [-0.3, -0.25) is 0 Å². The molecule has 0 aliphatic heterocycles. The molecule has 0 radical (unpaired) electrons. The van der Waals surface area contributed by atoms with E-state index < -0.39 is 12.5 Å². The van der Waals surface area contributed by atoms with Crippen molar-refractivity contribution >= 4 is 23.2 Å². The van der Waals surface area contributed by atoms with Crippen LogP contribution in [0.15, 0.2) is 18.2 Å². The minimum Gasteiger partial charge on any atom is -0.386 e. The molecule has 0 aliphatic carbocycles. The number of aliphatic hydroxyl groups is 1. The molecule has 1 aromatic rings. The maximum absolute atomic E-state index is 12.0. The summed E-state index contributed by atoms with van der Waals surface area (Å²) in [6.07, 6.45) is -4.42. The molecule has 0 aliphatic rings. The Hall–Kier alpha value is -0.420. The lowest BCUT2D eigenvalue weighted by Gasteiger charge is -2.11. The smallest absolute Gasteiger partial charge is 0.265 e. The largest absolute Gasteiger partial charge is 0.386 e. The monoisotopic (exact) mass is 269 g/mol. The molecule has 0 bridgehead atoms. The van der Waals surface area contributed by atoms with Crippen molar-refractivity contribution in [3.8, 4) is 0 Å². The summed E-state index contributed by atoms with van der Waals surface area (Å²) in [5.74, 6) is 0. The summed E-state index contributed by atoms with van der Waals surface area (Å²) in [5, 5.41) is 12.6. The van der Waals surface area contributed by atoms with Crippen molar-refractivity contribution in [2.75, 3.05) is 6.54 Å². The van der Waals surface area contributed by atoms with Crippen molar-refractivity contribution in [1.82, 2.24) is 5.32 Å². The molecule has 0 saturated heterocycles. The first-order chi connectivity index (χ1) is 7.50. The molecule has 0 saturated carbocycles. The van der Waals surface area contributed by atoms with Gasteiger partial charge in [-0.15, -0.1) is 0 Å². The third-order valence-electron chi connectivity index (χ3n) is 1.97. The van der Waals surface area contributed by atoms with Crippen molar-refractivity contribution in [3.63, 3.8) is 0 Å². The van der Waals surface area contributed by atoms with Gasteiger partial charge in [0.05, 0.1) is 0 Å². The second-order valence-corrected chi connectivity index (χ2v) is 4.11. The Labute approximate surface area is 102 Å². The van der Waals surface area contributed by atoms with Crippen LogP contribution in [-0.4, -0.2) is 24.2 Å². The summed E-state index contributed by atoms with van der Waals surface area (Å²) in [7, 11) is 0. The van der Waals surface area contributed by atoms with Gasteiger partial charge in [0.15, 0.2) is 0 Å². The van der Waals surface area contributed by atoms with Gasteiger partial charge >= 0.3 is 0 Å². The van der Waals surface area contributed by atoms with Gasteiger partial charge in [-0.2, -0.15) is 0 Å². The number of hydrogen-bond acceptors (Lipinski definition) is 2. The molecule has 6 heteroatoms. The Kier molecular flexibility index (Phi) is 5.41. The first-order valence-electron chi connectivity index (χ1n) is 4.61. The van der Waals surface area contributed by atoms with E-state index in [4.69, 9.17) is 28.3 Å². The molecule has 2 N–H and O–H groups in total. The van der Waals surface area contributed by atoms with E-state index in [1.807, 2.05) is 0 Å². The molecular formula is C10H11Cl2F2NO. The van der Waals surface area contributed by atoms with E-state index in [-0.39, 0.29) is 13.1 Å². The van der Waals surface area contributed by atoms with E-state index in [0.717, 1.165) is 0 Å². The SMILES string of the molecule is OC(CNCc1cc(Cl)ccc1Cl)C(F)F. The Morgan fingerprint density at radius 1 is 1.31 bits per heavy atom. The van der Waals surface area contributed by atoms with Crippen LogP contribution >= 0.6 is 23.2 Å². The van der Waals surface area contributed by atoms with Gasteiger partial charge in [0.1, 0.15) is 6.10 Å². The average Bonchev–Trinajstić information content (AvgIpc) is 2.22. The van der Waals surface area contributed by atoms with Crippen LogP contribution in [0.4, 0.5) is 8.78 Å². The van der Waals surface area contributed by atoms with Crippen LogP contribution in [0.2, 0.25) is 10.0 Å². The number of alkyl halides is 2. The van der Waals surface area contributed by atoms with E-state index >= 15 is 0 Å². The first-order valence-corrected chi connectivity index (χ1v) is 5.37. The molecule has 1 rings (SSSR count). The minimum atomic E-state index is -2.75. The quantitative estimate of drug-likeness (QED) is 0.862. The molecule has 0 aromatic heterocycles. The summed E-state index contributed by atoms with van der Waals surface area (Å²) in [6.45, 7) is 0.0870. The van der Waals surface area contributed by atoms with Crippen LogP contribution in [0.25, 0.3) is 0 Å². The summed E-state index contributed by atoms with van der Waals surface area (Å²) in [5.41, 5.74) is 0.704. The highest BCUT2D eigenvalue weighted by atomic mass is 35.5. The maximum atomic E-state index is 12.0. The van der Waals surface area contributed by atoms with Gasteiger partial charge in [-0.05, 0) is 23.8 Å². The van der Waals surface area contributed by atoms with Crippen molar-refractivity contribution in [2.24, 2.45) is 0 Å². The Bertz CT molecular complexity index is 350. The van der Waals surface area contributed by atoms with Crippen LogP contribution in [-0.2, 0) is 6.54 Å². The van der Waals surface area contributed by atoms with E-state index in [1.54, 1.807) is 18.2 Å². The Morgan fingerprint density at radius 3 is 2.62 bits per heavy atom. The fourth-order valence-corrected chi connectivity index (χ4v) is 1.50. The zero-order valence-corrected chi connectivity index (χ0v) is 9.77. The Balaban J connectivity index is 2.45. The van der Waals surface area contributed by atoms with Gasteiger partial charge in [0, 0.05) is 23.1 Å². The van der Waals surface area contributed by atoms with Crippen LogP contribution in [0, 0.1) is 0 Å². The third-order valence-corrected chi connectivity index (χ3v) is 2.57. The van der Waals surface area contributed by atoms with Gasteiger partial charge in [0.2, 0.25) is 0 Å². The standard InChI is InChI=1S/C10H11Cl2F2NO/c11-7-1-2-8(12)6(3-7)4-15-5-9(16)10(13)14/h1-3,9-10,15-16H,4-5H2. The number of rotatable bonds is 5. The summed E-state index contributed by atoms with van der Waals surface area (Å²) in [4.78, 5) is 0. The van der Waals surface area contributed by atoms with E-state index in [0.29, 0.717) is 15.6 Å². The second-order valence-electron chi connectivity index (χ2n) is 3.27. The van der Waals surface area contributed by atoms with Crippen LogP contribution in [0.3, 0.4) is 0 Å². The molecule has 2 nitrogen and oxygen atoms in total. The lowest BCUT2D eigenvalue weighted by molar-refractivity contribution is -0.00340. The molecule has 0 heterocycles. The van der Waals surface area contributed by atoms with Crippen LogP contribution in [0.5, 0.6) is 0 Å². The number of hydrogen-bond donors (Lipinski definition) is 2. The van der Waals surface area contributed by atoms with Crippen LogP contribution in [0.1, 0.15) is 5.56 Å². The van der Waals surface area contributed by atoms with E-state index in [9.17, 15) is 8.78 Å². The molecule has 0 spiro atoms. The second kappa shape index (κ2) is 6.35. The molecule has 0 amide bonds. The van der Waals surface area contributed by atoms with E-state index in [2.05, 4.69) is 5.32 Å². The van der Waals surface area contributed by atoms with Gasteiger partial charge < -0.3 is 10.4 Å². The molecule has 1 unspecified atom stereocenters. The Morgan fingerprint density at radius 2 is 2.00 bits per heavy atom. The predicted octanol–water partition coefficient (Wildman–Crippen LogP) is 2.71. The normalized spacial score (nSPS) is 13.1. The lowest BCUT2D eigenvalue weighted by Crippen LogP contribution is -2.31. The highest BCUT2D eigenvalue weighted by molar-refractivity contribution is 6.33. The minimum absolute atomic E-state index is 0.194. The van der Waals surface area contributed by atoms with Gasteiger partial charge in [0.25, 0.3) is 6.43 Å². The number of nitrogens with one attached hydrogen (secondary N) is 1. The van der Waals surface area contributed by atoms with Crippen LogP contribution < -0.4 is 5.32 Å². The topological polar surface area (TPSA) is 32.3 Å². The highest BCUT2D eigenvalue weighted by Gasteiger charge is 2.15. The fourth-order valence-electron chi connectivity index (χ4n) is 1.12. The highest BCUT2D eigenvalue weighted by Crippen LogP contribution is 2.20. The molecule has 1 aromatic carbocycles. The molecule has 0 fully saturated rings. The lowest BCUT2D eigenvalue weighted by atomic mass is 10.2. The zero-order valence-electron chi connectivity index (χ0n) is 8.26. The third kappa shape index (κ3) is 4.22. The number of halogens is 4. The van der Waals surface area contributed by atoms with E-state index in [1.165, 1.54) is 0 Å². The number of benzene rings is 1. The predicted molar refractivity (Wildman–Crippen MR) is 60.2 cm³/mol. The molecular weight excluding hydrogens is 259 g/mol. The molecule has 90 valence electrons. The zero-order chi connectivity index (χ0) is 12.1. The van der Waals surface area contributed by atoms with Gasteiger partial charge in [-0.1, -0.05) is 23.2 Å². The van der Waals surface area contributed by atoms with Gasteiger partial charge in [-0.25, -0.2) is 8.78 Å². The fraction of sp³-hybridized carbons (Fsp3) is 0.400. The average molecular weight is 270 g/mol. The summed E-state index contributed by atoms with van der Waals surface area (Å²) >= 11 is 11.6. The molecule has 16 heavy (non-hydrogen) atoms. The summed E-state index contributed by atoms with van der Waals surface area (Å²) < 4.78 is 23.9. The summed E-state index contributed by atoms with van der Waals surface area (Å²) in [6, 6.07) is 4.91. The van der Waals surface area contributed by atoms with Crippen molar-refractivity contribution in [2.45, 2.75) is 19.1 Å². The van der Waals surface area contributed by atoms with Crippen molar-refractivity contribution in [3.05, 3.63) is 33.8 Å².